The number of aromatic amines is 1. The van der Waals surface area contributed by atoms with E-state index in [0.29, 0.717) is 5.69 Å². The molecule has 0 fully saturated rings. The van der Waals surface area contributed by atoms with Crippen LogP contribution in [0, 0.1) is 0 Å². The maximum absolute atomic E-state index is 12.5. The topological polar surface area (TPSA) is 222 Å². The zero-order valence-electron chi connectivity index (χ0n) is 14.9. The number of carboxylic acids is 1. The zero-order valence-corrected chi connectivity index (χ0v) is 14.9. The van der Waals surface area contributed by atoms with Crippen molar-refractivity contribution < 1.29 is 29.1 Å². The molecule has 9 N–H and O–H groups in total. The highest BCUT2D eigenvalue weighted by atomic mass is 16.4. The van der Waals surface area contributed by atoms with Gasteiger partial charge in [0.15, 0.2) is 0 Å². The maximum atomic E-state index is 12.5. The number of amides is 4. The number of nitrogens with two attached hydrogens (primary N) is 2. The normalized spacial score (nSPS) is 12.5. The second-order valence-corrected chi connectivity index (χ2v) is 5.79. The van der Waals surface area contributed by atoms with E-state index in [1.165, 1.54) is 12.5 Å². The van der Waals surface area contributed by atoms with E-state index in [9.17, 15) is 29.1 Å². The molecule has 1 aromatic heterocycles. The lowest BCUT2D eigenvalue weighted by Gasteiger charge is -2.21. The molecule has 4 amide bonds. The number of aliphatic carboxylic acids is 1. The SMILES string of the molecule is NCC(=O)NCC(=O)NC(CCC(N)=O)C(=O)NC(Cc1cnc[nH]1)C(=O)O. The molecule has 2 atom stereocenters. The van der Waals surface area contributed by atoms with E-state index < -0.39 is 48.2 Å². The zero-order chi connectivity index (χ0) is 21.1. The smallest absolute Gasteiger partial charge is 0.326 e. The molecular formula is C15H23N7O6. The predicted molar refractivity (Wildman–Crippen MR) is 94.3 cm³/mol. The van der Waals surface area contributed by atoms with Gasteiger partial charge in [-0.3, -0.25) is 19.2 Å². The second-order valence-electron chi connectivity index (χ2n) is 5.79. The Morgan fingerprint density at radius 2 is 1.86 bits per heavy atom. The van der Waals surface area contributed by atoms with E-state index in [2.05, 4.69) is 25.9 Å². The number of carbonyl (C=O) groups excluding carboxylic acids is 4. The van der Waals surface area contributed by atoms with Gasteiger partial charge < -0.3 is 37.5 Å². The number of imidazole rings is 1. The molecular weight excluding hydrogens is 374 g/mol. The minimum absolute atomic E-state index is 0.0654. The Hall–Kier alpha value is -3.48. The predicted octanol–water partition coefficient (Wildman–Crippen LogP) is -3.65. The number of carboxylic acid groups (broad SMARTS) is 1. The van der Waals surface area contributed by atoms with Gasteiger partial charge in [0.1, 0.15) is 12.1 Å². The molecule has 13 nitrogen and oxygen atoms in total. The van der Waals surface area contributed by atoms with E-state index in [1.54, 1.807) is 0 Å². The molecule has 2 unspecified atom stereocenters. The number of aromatic nitrogens is 2. The molecule has 1 rings (SSSR count). The number of rotatable bonds is 12. The molecule has 0 radical (unpaired) electrons. The van der Waals surface area contributed by atoms with Gasteiger partial charge >= 0.3 is 5.97 Å². The third-order valence-electron chi connectivity index (χ3n) is 3.56. The summed E-state index contributed by atoms with van der Waals surface area (Å²) in [6.07, 6.45) is 2.35. The Morgan fingerprint density at radius 3 is 2.39 bits per heavy atom. The molecule has 0 bridgehead atoms. The summed E-state index contributed by atoms with van der Waals surface area (Å²) in [6, 6.07) is -2.52. The van der Waals surface area contributed by atoms with Crippen molar-refractivity contribution in [2.75, 3.05) is 13.1 Å². The van der Waals surface area contributed by atoms with Crippen LogP contribution >= 0.6 is 0 Å². The molecule has 13 heteroatoms. The van der Waals surface area contributed by atoms with E-state index >= 15 is 0 Å². The quantitative estimate of drug-likeness (QED) is 0.186. The van der Waals surface area contributed by atoms with Crippen molar-refractivity contribution in [3.8, 4) is 0 Å². The lowest BCUT2D eigenvalue weighted by Crippen LogP contribution is -2.54. The number of hydrogen-bond acceptors (Lipinski definition) is 7. The molecule has 1 heterocycles. The molecule has 1 aromatic rings. The first kappa shape index (κ1) is 22.6. The van der Waals surface area contributed by atoms with Crippen molar-refractivity contribution in [2.45, 2.75) is 31.3 Å². The fraction of sp³-hybridized carbons (Fsp3) is 0.467. The summed E-state index contributed by atoms with van der Waals surface area (Å²) < 4.78 is 0. The van der Waals surface area contributed by atoms with Gasteiger partial charge in [0.05, 0.1) is 19.4 Å². The average Bonchev–Trinajstić information content (AvgIpc) is 3.15. The van der Waals surface area contributed by atoms with E-state index in [1.807, 2.05) is 0 Å². The van der Waals surface area contributed by atoms with E-state index in [-0.39, 0.29) is 25.8 Å². The number of nitrogens with zero attached hydrogens (tertiary/aromatic N) is 1. The van der Waals surface area contributed by atoms with Gasteiger partial charge in [-0.25, -0.2) is 9.78 Å². The first-order valence-electron chi connectivity index (χ1n) is 8.27. The minimum atomic E-state index is -1.29. The van der Waals surface area contributed by atoms with Crippen molar-refractivity contribution in [3.63, 3.8) is 0 Å². The average molecular weight is 397 g/mol. The summed E-state index contributed by atoms with van der Waals surface area (Å²) in [4.78, 5) is 64.4. The van der Waals surface area contributed by atoms with Crippen LogP contribution in [0.15, 0.2) is 12.5 Å². The molecule has 0 aliphatic carbocycles. The lowest BCUT2D eigenvalue weighted by atomic mass is 10.1. The number of hydrogen-bond donors (Lipinski definition) is 7. The Kier molecular flexibility index (Phi) is 9.09. The van der Waals surface area contributed by atoms with Gasteiger partial charge in [0.25, 0.3) is 0 Å². The summed E-state index contributed by atoms with van der Waals surface area (Å²) >= 11 is 0. The largest absolute Gasteiger partial charge is 0.480 e. The molecule has 0 aliphatic rings. The highest BCUT2D eigenvalue weighted by molar-refractivity contribution is 5.92. The van der Waals surface area contributed by atoms with Gasteiger partial charge in [-0.1, -0.05) is 0 Å². The second kappa shape index (κ2) is 11.3. The standard InChI is InChI=1S/C15H23N7O6/c16-4-12(24)19-6-13(25)21-9(1-2-11(17)23)14(26)22-10(15(27)28)3-8-5-18-7-20-8/h5,7,9-10H,1-4,6,16H2,(H2,17,23)(H,18,20)(H,19,24)(H,21,25)(H,22,26)(H,27,28). The van der Waals surface area contributed by atoms with Crippen LogP contribution in [0.25, 0.3) is 0 Å². The van der Waals surface area contributed by atoms with Crippen molar-refractivity contribution in [1.29, 1.82) is 0 Å². The molecule has 0 saturated carbocycles. The molecule has 154 valence electrons. The summed E-state index contributed by atoms with van der Waals surface area (Å²) in [5.41, 5.74) is 10.7. The summed E-state index contributed by atoms with van der Waals surface area (Å²) in [7, 11) is 0. The number of nitrogens with one attached hydrogen (secondary N) is 4. The molecule has 0 aromatic carbocycles. The van der Waals surface area contributed by atoms with Gasteiger partial charge in [-0.15, -0.1) is 0 Å². The van der Waals surface area contributed by atoms with Gasteiger partial charge in [-0.2, -0.15) is 0 Å². The van der Waals surface area contributed by atoms with Crippen LogP contribution < -0.4 is 27.4 Å². The summed E-state index contributed by atoms with van der Waals surface area (Å²) in [5.74, 6) is -4.09. The Morgan fingerprint density at radius 1 is 1.14 bits per heavy atom. The molecule has 0 aliphatic heterocycles. The third kappa shape index (κ3) is 8.27. The Labute approximate surface area is 159 Å². The van der Waals surface area contributed by atoms with E-state index in [4.69, 9.17) is 11.5 Å². The van der Waals surface area contributed by atoms with Gasteiger partial charge in [0.2, 0.25) is 23.6 Å². The number of carbonyl (C=O) groups is 5. The van der Waals surface area contributed by atoms with Crippen LogP contribution in [0.2, 0.25) is 0 Å². The maximum Gasteiger partial charge on any atom is 0.326 e. The van der Waals surface area contributed by atoms with Crippen LogP contribution in [0.1, 0.15) is 18.5 Å². The van der Waals surface area contributed by atoms with Crippen molar-refractivity contribution in [3.05, 3.63) is 18.2 Å². The molecule has 0 saturated heterocycles. The molecule has 28 heavy (non-hydrogen) atoms. The number of H-pyrrole nitrogens is 1. The highest BCUT2D eigenvalue weighted by Crippen LogP contribution is 2.03. The lowest BCUT2D eigenvalue weighted by molar-refractivity contribution is -0.142. The number of primary amides is 1. The van der Waals surface area contributed by atoms with Crippen LogP contribution in [0.5, 0.6) is 0 Å². The van der Waals surface area contributed by atoms with E-state index in [0.717, 1.165) is 0 Å². The Balaban J connectivity index is 2.75. The summed E-state index contributed by atoms with van der Waals surface area (Å²) in [5, 5.41) is 16.2. The fourth-order valence-corrected chi connectivity index (χ4v) is 2.14. The first-order chi connectivity index (χ1) is 13.2. The third-order valence-corrected chi connectivity index (χ3v) is 3.56. The van der Waals surface area contributed by atoms with Crippen LogP contribution in [-0.4, -0.2) is 69.8 Å². The van der Waals surface area contributed by atoms with Crippen LogP contribution in [0.4, 0.5) is 0 Å². The van der Waals surface area contributed by atoms with Crippen LogP contribution in [0.3, 0.4) is 0 Å². The highest BCUT2D eigenvalue weighted by Gasteiger charge is 2.27. The monoisotopic (exact) mass is 397 g/mol. The fourth-order valence-electron chi connectivity index (χ4n) is 2.14. The Bertz CT molecular complexity index is 706. The van der Waals surface area contributed by atoms with Crippen molar-refractivity contribution >= 4 is 29.6 Å². The first-order valence-corrected chi connectivity index (χ1v) is 8.27. The minimum Gasteiger partial charge on any atom is -0.480 e. The van der Waals surface area contributed by atoms with Crippen molar-refractivity contribution in [1.82, 2.24) is 25.9 Å². The summed E-state index contributed by atoms with van der Waals surface area (Å²) in [6.45, 7) is -0.750. The van der Waals surface area contributed by atoms with Crippen molar-refractivity contribution in [2.24, 2.45) is 11.5 Å². The van der Waals surface area contributed by atoms with Gasteiger partial charge in [0, 0.05) is 24.7 Å². The molecule has 0 spiro atoms. The van der Waals surface area contributed by atoms with Crippen LogP contribution in [-0.2, 0) is 30.4 Å². The van der Waals surface area contributed by atoms with Gasteiger partial charge in [-0.05, 0) is 6.42 Å².